The highest BCUT2D eigenvalue weighted by atomic mass is 35.5. The predicted molar refractivity (Wildman–Crippen MR) is 120 cm³/mol. The first-order chi connectivity index (χ1) is 14.0. The number of anilines is 1. The first kappa shape index (κ1) is 20.1. The fraction of sp³-hybridized carbons (Fsp3) is 0.409. The van der Waals surface area contributed by atoms with Gasteiger partial charge in [-0.2, -0.15) is 0 Å². The maximum atomic E-state index is 12.9. The molecule has 0 saturated heterocycles. The summed E-state index contributed by atoms with van der Waals surface area (Å²) in [5.41, 5.74) is 1.92. The summed E-state index contributed by atoms with van der Waals surface area (Å²) in [7, 11) is 2.12. The van der Waals surface area contributed by atoms with Crippen molar-refractivity contribution in [1.82, 2.24) is 15.3 Å². The summed E-state index contributed by atoms with van der Waals surface area (Å²) in [6.07, 6.45) is 7.85. The second kappa shape index (κ2) is 8.67. The fourth-order valence-corrected chi connectivity index (χ4v) is 5.36. The predicted octanol–water partition coefficient (Wildman–Crippen LogP) is 5.35. The van der Waals surface area contributed by atoms with Gasteiger partial charge in [-0.05, 0) is 43.0 Å². The molecule has 0 unspecified atom stereocenters. The van der Waals surface area contributed by atoms with Crippen LogP contribution in [0.5, 0.6) is 0 Å². The Labute approximate surface area is 180 Å². The van der Waals surface area contributed by atoms with Crippen molar-refractivity contribution < 1.29 is 4.79 Å². The van der Waals surface area contributed by atoms with E-state index < -0.39 is 0 Å². The number of aryl methyl sites for hydroxylation is 1. The number of carbonyl (C=O) groups excluding carboxylic acids is 1. The molecule has 0 atom stereocenters. The van der Waals surface area contributed by atoms with Crippen molar-refractivity contribution in [1.29, 1.82) is 0 Å². The van der Waals surface area contributed by atoms with Crippen LogP contribution in [0.4, 0.5) is 5.82 Å². The molecule has 0 spiro atoms. The molecule has 1 amide bonds. The van der Waals surface area contributed by atoms with Crippen LogP contribution in [0.15, 0.2) is 30.6 Å². The lowest BCUT2D eigenvalue weighted by atomic mass is 9.94. The van der Waals surface area contributed by atoms with Gasteiger partial charge in [0, 0.05) is 24.7 Å². The zero-order valence-electron chi connectivity index (χ0n) is 16.7. The summed E-state index contributed by atoms with van der Waals surface area (Å²) in [4.78, 5) is 25.8. The molecule has 1 aliphatic carbocycles. The molecule has 1 aliphatic rings. The lowest BCUT2D eigenvalue weighted by Gasteiger charge is -2.32. The Bertz CT molecular complexity index is 1030. The van der Waals surface area contributed by atoms with Crippen molar-refractivity contribution in [2.75, 3.05) is 11.9 Å². The van der Waals surface area contributed by atoms with Crippen LogP contribution in [0.25, 0.3) is 10.2 Å². The molecule has 29 heavy (non-hydrogen) atoms. The molecule has 4 rings (SSSR count). The van der Waals surface area contributed by atoms with E-state index in [1.165, 1.54) is 43.4 Å². The van der Waals surface area contributed by atoms with E-state index >= 15 is 0 Å². The van der Waals surface area contributed by atoms with Crippen LogP contribution in [-0.4, -0.2) is 29.0 Å². The molecule has 1 aromatic carbocycles. The van der Waals surface area contributed by atoms with Crippen molar-refractivity contribution in [2.45, 2.75) is 51.6 Å². The van der Waals surface area contributed by atoms with Gasteiger partial charge in [0.1, 0.15) is 17.0 Å². The van der Waals surface area contributed by atoms with Crippen LogP contribution in [-0.2, 0) is 6.54 Å². The zero-order valence-corrected chi connectivity index (χ0v) is 18.3. The number of nitrogens with one attached hydrogen (secondary N) is 1. The molecule has 152 valence electrons. The lowest BCUT2D eigenvalue weighted by molar-refractivity contribution is 0.0954. The van der Waals surface area contributed by atoms with E-state index in [2.05, 4.69) is 27.2 Å². The average molecular weight is 429 g/mol. The summed E-state index contributed by atoms with van der Waals surface area (Å²) in [6.45, 7) is 2.43. The van der Waals surface area contributed by atoms with Crippen molar-refractivity contribution in [3.05, 3.63) is 51.6 Å². The standard InChI is InChI=1S/C22H25ClN4OS/c1-14-18-20(27(2)17-9-4-3-5-10-17)25-13-26-22(18)29-19(14)21(28)24-12-15-7-6-8-16(23)11-15/h6-8,11,13,17H,3-5,9-10,12H2,1-2H3,(H,24,28). The van der Waals surface area contributed by atoms with Crippen LogP contribution in [0.2, 0.25) is 5.02 Å². The van der Waals surface area contributed by atoms with Crippen LogP contribution >= 0.6 is 22.9 Å². The zero-order chi connectivity index (χ0) is 20.4. The Morgan fingerprint density at radius 2 is 2.07 bits per heavy atom. The summed E-state index contributed by atoms with van der Waals surface area (Å²) >= 11 is 7.47. The Morgan fingerprint density at radius 3 is 2.83 bits per heavy atom. The van der Waals surface area contributed by atoms with E-state index in [1.807, 2.05) is 31.2 Å². The number of thiophene rings is 1. The first-order valence-electron chi connectivity index (χ1n) is 10.0. The largest absolute Gasteiger partial charge is 0.356 e. The third-order valence-electron chi connectivity index (χ3n) is 5.71. The number of hydrogen-bond acceptors (Lipinski definition) is 5. The highest BCUT2D eigenvalue weighted by molar-refractivity contribution is 7.20. The number of halogens is 1. The first-order valence-corrected chi connectivity index (χ1v) is 11.2. The van der Waals surface area contributed by atoms with Crippen molar-refractivity contribution in [3.8, 4) is 0 Å². The summed E-state index contributed by atoms with van der Waals surface area (Å²) in [6, 6.07) is 8.03. The monoisotopic (exact) mass is 428 g/mol. The molecule has 3 aromatic rings. The third-order valence-corrected chi connectivity index (χ3v) is 7.15. The smallest absolute Gasteiger partial charge is 0.261 e. The number of amides is 1. The summed E-state index contributed by atoms with van der Waals surface area (Å²) < 4.78 is 0. The van der Waals surface area contributed by atoms with Crippen LogP contribution in [0, 0.1) is 6.92 Å². The normalized spacial score (nSPS) is 14.9. The van der Waals surface area contributed by atoms with Gasteiger partial charge in [-0.15, -0.1) is 11.3 Å². The van der Waals surface area contributed by atoms with Gasteiger partial charge in [0.2, 0.25) is 0 Å². The lowest BCUT2D eigenvalue weighted by Crippen LogP contribution is -2.34. The number of rotatable bonds is 5. The van der Waals surface area contributed by atoms with Gasteiger partial charge in [-0.1, -0.05) is 43.0 Å². The Balaban J connectivity index is 1.59. The Kier molecular flexibility index (Phi) is 6.01. The topological polar surface area (TPSA) is 58.1 Å². The van der Waals surface area contributed by atoms with E-state index in [9.17, 15) is 4.79 Å². The number of fused-ring (bicyclic) bond motifs is 1. The molecule has 0 radical (unpaired) electrons. The van der Waals surface area contributed by atoms with Gasteiger partial charge in [-0.3, -0.25) is 4.79 Å². The Morgan fingerprint density at radius 1 is 1.28 bits per heavy atom. The van der Waals surface area contributed by atoms with Gasteiger partial charge in [0.05, 0.1) is 10.3 Å². The van der Waals surface area contributed by atoms with Crippen LogP contribution in [0.1, 0.15) is 52.9 Å². The van der Waals surface area contributed by atoms with Gasteiger partial charge in [0.15, 0.2) is 0 Å². The maximum absolute atomic E-state index is 12.9. The van der Waals surface area contributed by atoms with E-state index in [0.29, 0.717) is 22.5 Å². The van der Waals surface area contributed by atoms with Gasteiger partial charge in [-0.25, -0.2) is 9.97 Å². The SMILES string of the molecule is Cc1c(C(=O)NCc2cccc(Cl)c2)sc2ncnc(N(C)C3CCCCC3)c12. The summed E-state index contributed by atoms with van der Waals surface area (Å²) in [5, 5.41) is 4.67. The van der Waals surface area contributed by atoms with Gasteiger partial charge < -0.3 is 10.2 Å². The molecule has 1 fully saturated rings. The van der Waals surface area contributed by atoms with Crippen LogP contribution < -0.4 is 10.2 Å². The minimum atomic E-state index is -0.0863. The van der Waals surface area contributed by atoms with Gasteiger partial charge >= 0.3 is 0 Å². The maximum Gasteiger partial charge on any atom is 0.261 e. The average Bonchev–Trinajstić information content (AvgIpc) is 3.09. The fourth-order valence-electron chi connectivity index (χ4n) is 4.09. The third kappa shape index (κ3) is 4.23. The highest BCUT2D eigenvalue weighted by Crippen LogP contribution is 2.36. The second-order valence-electron chi connectivity index (χ2n) is 7.65. The molecular formula is C22H25ClN4OS. The number of hydrogen-bond donors (Lipinski definition) is 1. The van der Waals surface area contributed by atoms with Crippen molar-refractivity contribution >= 4 is 44.9 Å². The Hall–Kier alpha value is -2.18. The minimum absolute atomic E-state index is 0.0863. The molecule has 0 bridgehead atoms. The second-order valence-corrected chi connectivity index (χ2v) is 9.08. The molecule has 0 aliphatic heterocycles. The van der Waals surface area contributed by atoms with Gasteiger partial charge in [0.25, 0.3) is 5.91 Å². The molecule has 1 N–H and O–H groups in total. The molecule has 5 nitrogen and oxygen atoms in total. The molecule has 2 aromatic heterocycles. The number of aromatic nitrogens is 2. The van der Waals surface area contributed by atoms with E-state index in [1.54, 1.807) is 6.33 Å². The van der Waals surface area contributed by atoms with E-state index in [-0.39, 0.29) is 5.91 Å². The molecule has 2 heterocycles. The number of carbonyl (C=O) groups is 1. The van der Waals surface area contributed by atoms with Crippen LogP contribution in [0.3, 0.4) is 0 Å². The molecule has 7 heteroatoms. The van der Waals surface area contributed by atoms with Crippen molar-refractivity contribution in [2.24, 2.45) is 0 Å². The van der Waals surface area contributed by atoms with E-state index in [0.717, 1.165) is 27.2 Å². The quantitative estimate of drug-likeness (QED) is 0.594. The molecule has 1 saturated carbocycles. The highest BCUT2D eigenvalue weighted by Gasteiger charge is 2.24. The number of nitrogens with zero attached hydrogens (tertiary/aromatic N) is 3. The summed E-state index contributed by atoms with van der Waals surface area (Å²) in [5.74, 6) is 0.848. The van der Waals surface area contributed by atoms with Crippen molar-refractivity contribution in [3.63, 3.8) is 0 Å². The molecular weight excluding hydrogens is 404 g/mol. The van der Waals surface area contributed by atoms with E-state index in [4.69, 9.17) is 11.6 Å². The number of benzene rings is 1. The minimum Gasteiger partial charge on any atom is -0.356 e.